The molecule has 4 aromatic rings. The number of hydrogen-bond donors (Lipinski definition) is 2. The van der Waals surface area contributed by atoms with Crippen molar-refractivity contribution in [3.8, 4) is 22.9 Å². The molecule has 2 aromatic heterocycles. The molecule has 0 bridgehead atoms. The van der Waals surface area contributed by atoms with Crippen LogP contribution in [0.1, 0.15) is 16.8 Å². The standard InChI is InChI=1S/C27H24ClN5O3/c28-19-6-7-29-21(14-19)16-30-20-4-5-23-18(13-20)12-17-2-1-3-22(26(17)36-23)27-31-24(15-25(34)32-27)33-8-10-35-11-9-33/h1-7,13-15,30H,8-12,16H2,(H,31,32,34). The molecule has 0 radical (unpaired) electrons. The fourth-order valence-corrected chi connectivity index (χ4v) is 4.72. The molecule has 1 fully saturated rings. The van der Waals surface area contributed by atoms with Gasteiger partial charge in [0.25, 0.3) is 5.56 Å². The molecule has 0 atom stereocenters. The largest absolute Gasteiger partial charge is 0.456 e. The lowest BCUT2D eigenvalue weighted by atomic mass is 9.97. The van der Waals surface area contributed by atoms with E-state index in [0.29, 0.717) is 55.9 Å². The molecule has 36 heavy (non-hydrogen) atoms. The Morgan fingerprint density at radius 3 is 2.81 bits per heavy atom. The van der Waals surface area contributed by atoms with Crippen LogP contribution in [0.5, 0.6) is 11.5 Å². The van der Waals surface area contributed by atoms with Crippen LogP contribution in [-0.2, 0) is 17.7 Å². The Labute approximate surface area is 212 Å². The fraction of sp³-hybridized carbons (Fsp3) is 0.222. The Morgan fingerprint density at radius 2 is 1.94 bits per heavy atom. The molecule has 2 N–H and O–H groups in total. The van der Waals surface area contributed by atoms with Crippen molar-refractivity contribution in [1.82, 2.24) is 15.0 Å². The summed E-state index contributed by atoms with van der Waals surface area (Å²) in [5, 5.41) is 4.07. The summed E-state index contributed by atoms with van der Waals surface area (Å²) in [5.74, 6) is 2.65. The number of hydrogen-bond acceptors (Lipinski definition) is 7. The van der Waals surface area contributed by atoms with Gasteiger partial charge in [-0.25, -0.2) is 4.98 Å². The number of para-hydroxylation sites is 1. The molecule has 2 aromatic carbocycles. The highest BCUT2D eigenvalue weighted by Crippen LogP contribution is 2.42. The molecule has 1 saturated heterocycles. The number of halogens is 1. The summed E-state index contributed by atoms with van der Waals surface area (Å²) >= 11 is 6.07. The maximum atomic E-state index is 12.5. The second-order valence-electron chi connectivity index (χ2n) is 8.77. The van der Waals surface area contributed by atoms with Crippen LogP contribution in [0, 0.1) is 0 Å². The summed E-state index contributed by atoms with van der Waals surface area (Å²) in [7, 11) is 0. The van der Waals surface area contributed by atoms with Crippen LogP contribution < -0.4 is 20.5 Å². The molecule has 8 nitrogen and oxygen atoms in total. The zero-order valence-corrected chi connectivity index (χ0v) is 20.2. The van der Waals surface area contributed by atoms with E-state index in [1.54, 1.807) is 12.3 Å². The summed E-state index contributed by atoms with van der Waals surface area (Å²) in [6.45, 7) is 3.22. The second kappa shape index (κ2) is 9.64. The third-order valence-corrected chi connectivity index (χ3v) is 6.56. The van der Waals surface area contributed by atoms with Gasteiger partial charge in [0.05, 0.1) is 31.0 Å². The summed E-state index contributed by atoms with van der Waals surface area (Å²) in [5.41, 5.74) is 4.52. The number of nitrogens with one attached hydrogen (secondary N) is 2. The summed E-state index contributed by atoms with van der Waals surface area (Å²) < 4.78 is 11.8. The molecule has 0 saturated carbocycles. The van der Waals surface area contributed by atoms with Gasteiger partial charge >= 0.3 is 0 Å². The van der Waals surface area contributed by atoms with Gasteiger partial charge in [-0.3, -0.25) is 9.78 Å². The topological polar surface area (TPSA) is 92.4 Å². The van der Waals surface area contributed by atoms with Gasteiger partial charge in [0.15, 0.2) is 0 Å². The number of rotatable bonds is 5. The number of anilines is 2. The zero-order valence-electron chi connectivity index (χ0n) is 19.5. The third-order valence-electron chi connectivity index (χ3n) is 6.32. The molecule has 4 heterocycles. The van der Waals surface area contributed by atoms with E-state index in [-0.39, 0.29) is 5.56 Å². The first-order chi connectivity index (χ1) is 17.6. The molecule has 9 heteroatoms. The van der Waals surface area contributed by atoms with E-state index in [9.17, 15) is 4.79 Å². The van der Waals surface area contributed by atoms with Crippen molar-refractivity contribution in [3.63, 3.8) is 0 Å². The van der Waals surface area contributed by atoms with E-state index in [4.69, 9.17) is 26.1 Å². The summed E-state index contributed by atoms with van der Waals surface area (Å²) in [6.07, 6.45) is 2.41. The maximum Gasteiger partial charge on any atom is 0.253 e. The number of aromatic amines is 1. The van der Waals surface area contributed by atoms with E-state index in [1.165, 1.54) is 6.07 Å². The number of H-pyrrole nitrogens is 1. The number of ether oxygens (including phenoxy) is 2. The minimum Gasteiger partial charge on any atom is -0.456 e. The SMILES string of the molecule is O=c1cc(N2CCOCC2)nc(-c2cccc3c2Oc2ccc(NCc4cc(Cl)ccn4)cc2C3)[nH]1. The minimum absolute atomic E-state index is 0.194. The second-order valence-corrected chi connectivity index (χ2v) is 9.20. The van der Waals surface area contributed by atoms with Crippen molar-refractivity contribution in [2.24, 2.45) is 0 Å². The molecule has 0 spiro atoms. The van der Waals surface area contributed by atoms with Crippen molar-refractivity contribution in [2.75, 3.05) is 36.5 Å². The Morgan fingerprint density at radius 1 is 1.06 bits per heavy atom. The molecular weight excluding hydrogens is 478 g/mol. The normalized spacial score (nSPS) is 14.5. The zero-order chi connectivity index (χ0) is 24.5. The van der Waals surface area contributed by atoms with E-state index < -0.39 is 0 Å². The minimum atomic E-state index is -0.194. The van der Waals surface area contributed by atoms with E-state index in [2.05, 4.69) is 26.3 Å². The van der Waals surface area contributed by atoms with Gasteiger partial charge in [0, 0.05) is 53.6 Å². The lowest BCUT2D eigenvalue weighted by Gasteiger charge is -2.28. The van der Waals surface area contributed by atoms with Crippen LogP contribution in [0.4, 0.5) is 11.5 Å². The quantitative estimate of drug-likeness (QED) is 0.362. The van der Waals surface area contributed by atoms with Crippen molar-refractivity contribution in [1.29, 1.82) is 0 Å². The monoisotopic (exact) mass is 501 g/mol. The molecule has 0 unspecified atom stereocenters. The van der Waals surface area contributed by atoms with E-state index in [1.807, 2.05) is 36.4 Å². The highest BCUT2D eigenvalue weighted by molar-refractivity contribution is 6.30. The first-order valence-corrected chi connectivity index (χ1v) is 12.2. The molecular formula is C27H24ClN5O3. The van der Waals surface area contributed by atoms with Gasteiger partial charge in [-0.2, -0.15) is 0 Å². The number of aromatic nitrogens is 3. The van der Waals surface area contributed by atoms with Crippen molar-refractivity contribution in [2.45, 2.75) is 13.0 Å². The first kappa shape index (κ1) is 22.6. The van der Waals surface area contributed by atoms with Crippen LogP contribution in [0.25, 0.3) is 11.4 Å². The summed E-state index contributed by atoms with van der Waals surface area (Å²) in [6, 6.07) is 17.1. The first-order valence-electron chi connectivity index (χ1n) is 11.8. The van der Waals surface area contributed by atoms with Gasteiger partial charge < -0.3 is 24.7 Å². The number of nitrogens with zero attached hydrogens (tertiary/aromatic N) is 3. The van der Waals surface area contributed by atoms with Crippen molar-refractivity contribution in [3.05, 3.63) is 93.0 Å². The van der Waals surface area contributed by atoms with E-state index in [0.717, 1.165) is 39.6 Å². The molecule has 0 amide bonds. The molecule has 0 aliphatic carbocycles. The van der Waals surface area contributed by atoms with Crippen LogP contribution >= 0.6 is 11.6 Å². The van der Waals surface area contributed by atoms with Gasteiger partial charge in [-0.05, 0) is 36.4 Å². The predicted octanol–water partition coefficient (Wildman–Crippen LogP) is 4.63. The highest BCUT2D eigenvalue weighted by atomic mass is 35.5. The van der Waals surface area contributed by atoms with Crippen molar-refractivity contribution >= 4 is 23.1 Å². The van der Waals surface area contributed by atoms with Crippen LogP contribution in [0.2, 0.25) is 5.02 Å². The average Bonchev–Trinajstić information content (AvgIpc) is 2.90. The Bertz CT molecular complexity index is 1480. The highest BCUT2D eigenvalue weighted by Gasteiger charge is 2.23. The lowest BCUT2D eigenvalue weighted by molar-refractivity contribution is 0.122. The van der Waals surface area contributed by atoms with Gasteiger partial charge in [-0.1, -0.05) is 23.7 Å². The fourth-order valence-electron chi connectivity index (χ4n) is 4.54. The molecule has 2 aliphatic rings. The van der Waals surface area contributed by atoms with Gasteiger partial charge in [-0.15, -0.1) is 0 Å². The van der Waals surface area contributed by atoms with Crippen LogP contribution in [0.15, 0.2) is 65.6 Å². The third kappa shape index (κ3) is 4.65. The Hall–Kier alpha value is -3.88. The number of pyridine rings is 1. The molecule has 6 rings (SSSR count). The summed E-state index contributed by atoms with van der Waals surface area (Å²) in [4.78, 5) is 26.6. The lowest BCUT2D eigenvalue weighted by Crippen LogP contribution is -2.37. The maximum absolute atomic E-state index is 12.5. The molecule has 2 aliphatic heterocycles. The van der Waals surface area contributed by atoms with E-state index >= 15 is 0 Å². The number of fused-ring (bicyclic) bond motifs is 2. The van der Waals surface area contributed by atoms with Gasteiger partial charge in [0.2, 0.25) is 0 Å². The predicted molar refractivity (Wildman–Crippen MR) is 139 cm³/mol. The number of morpholine rings is 1. The van der Waals surface area contributed by atoms with Crippen molar-refractivity contribution < 1.29 is 9.47 Å². The van der Waals surface area contributed by atoms with Crippen LogP contribution in [0.3, 0.4) is 0 Å². The number of benzene rings is 2. The molecule has 182 valence electrons. The average molecular weight is 502 g/mol. The van der Waals surface area contributed by atoms with Crippen LogP contribution in [-0.4, -0.2) is 41.3 Å². The Balaban J connectivity index is 1.26. The van der Waals surface area contributed by atoms with Gasteiger partial charge in [0.1, 0.15) is 23.1 Å². The smallest absolute Gasteiger partial charge is 0.253 e. The Kier molecular flexibility index (Phi) is 6.04.